The first-order chi connectivity index (χ1) is 10.4. The Morgan fingerprint density at radius 1 is 1.05 bits per heavy atom. The van der Waals surface area contributed by atoms with E-state index in [2.05, 4.69) is 5.32 Å². The number of alkyl halides is 3. The first-order valence-electron chi connectivity index (χ1n) is 6.35. The van der Waals surface area contributed by atoms with E-state index in [-0.39, 0.29) is 16.8 Å². The third-order valence-corrected chi connectivity index (χ3v) is 3.33. The Hall–Kier alpha value is -2.63. The highest BCUT2D eigenvalue weighted by Gasteiger charge is 2.33. The van der Waals surface area contributed by atoms with E-state index in [4.69, 9.17) is 0 Å². The molecule has 2 aromatic rings. The molecule has 3 rings (SSSR count). The van der Waals surface area contributed by atoms with Crippen LogP contribution in [0.5, 0.6) is 0 Å². The number of hydrogen-bond acceptors (Lipinski definition) is 1. The van der Waals surface area contributed by atoms with E-state index < -0.39 is 23.5 Å². The Morgan fingerprint density at radius 3 is 2.45 bits per heavy atom. The van der Waals surface area contributed by atoms with Crippen molar-refractivity contribution in [2.24, 2.45) is 0 Å². The molecule has 0 saturated carbocycles. The molecule has 1 aliphatic heterocycles. The highest BCUT2D eigenvalue weighted by molar-refractivity contribution is 6.34. The monoisotopic (exact) mass is 307 g/mol. The SMILES string of the molecule is O=C1Nc2cc(C(F)(F)F)ccc2/C1=C/c1ccccc1F. The Morgan fingerprint density at radius 2 is 1.77 bits per heavy atom. The van der Waals surface area contributed by atoms with Crippen molar-refractivity contribution in [2.45, 2.75) is 6.18 Å². The predicted octanol–water partition coefficient (Wildman–Crippen LogP) is 4.34. The molecular weight excluding hydrogens is 298 g/mol. The molecule has 22 heavy (non-hydrogen) atoms. The van der Waals surface area contributed by atoms with E-state index in [0.29, 0.717) is 5.56 Å². The summed E-state index contributed by atoms with van der Waals surface area (Å²) < 4.78 is 51.7. The lowest BCUT2D eigenvalue weighted by Gasteiger charge is -2.08. The average Bonchev–Trinajstić information content (AvgIpc) is 2.76. The molecule has 1 N–H and O–H groups in total. The topological polar surface area (TPSA) is 29.1 Å². The summed E-state index contributed by atoms with van der Waals surface area (Å²) in [6.45, 7) is 0. The molecule has 2 aromatic carbocycles. The highest BCUT2D eigenvalue weighted by atomic mass is 19.4. The zero-order valence-corrected chi connectivity index (χ0v) is 11.0. The number of nitrogens with one attached hydrogen (secondary N) is 1. The molecule has 6 heteroatoms. The van der Waals surface area contributed by atoms with Crippen LogP contribution in [-0.4, -0.2) is 5.91 Å². The number of carbonyl (C=O) groups is 1. The Balaban J connectivity index is 2.08. The van der Waals surface area contributed by atoms with Crippen LogP contribution in [0.4, 0.5) is 23.2 Å². The van der Waals surface area contributed by atoms with Crippen LogP contribution in [0.2, 0.25) is 0 Å². The van der Waals surface area contributed by atoms with Gasteiger partial charge in [-0.15, -0.1) is 0 Å². The number of benzene rings is 2. The average molecular weight is 307 g/mol. The molecule has 0 aromatic heterocycles. The Labute approximate surface area is 123 Å². The molecule has 0 saturated heterocycles. The van der Waals surface area contributed by atoms with Crippen molar-refractivity contribution in [3.05, 3.63) is 65.0 Å². The lowest BCUT2D eigenvalue weighted by Crippen LogP contribution is -2.06. The van der Waals surface area contributed by atoms with Gasteiger partial charge in [0.15, 0.2) is 0 Å². The van der Waals surface area contributed by atoms with Gasteiger partial charge in [0.25, 0.3) is 5.91 Å². The number of amides is 1. The van der Waals surface area contributed by atoms with Gasteiger partial charge in [-0.2, -0.15) is 13.2 Å². The third kappa shape index (κ3) is 2.47. The maximum Gasteiger partial charge on any atom is 0.416 e. The van der Waals surface area contributed by atoms with E-state index in [1.807, 2.05) is 0 Å². The van der Waals surface area contributed by atoms with Crippen molar-refractivity contribution < 1.29 is 22.4 Å². The second-order valence-electron chi connectivity index (χ2n) is 4.79. The van der Waals surface area contributed by atoms with Crippen LogP contribution >= 0.6 is 0 Å². The van der Waals surface area contributed by atoms with Crippen molar-refractivity contribution >= 4 is 23.2 Å². The summed E-state index contributed by atoms with van der Waals surface area (Å²) in [7, 11) is 0. The first-order valence-corrected chi connectivity index (χ1v) is 6.35. The number of fused-ring (bicyclic) bond motifs is 1. The van der Waals surface area contributed by atoms with Crippen molar-refractivity contribution in [3.63, 3.8) is 0 Å². The van der Waals surface area contributed by atoms with Gasteiger partial charge in [0.1, 0.15) is 5.82 Å². The summed E-state index contributed by atoms with van der Waals surface area (Å²) in [6.07, 6.45) is -3.17. The van der Waals surface area contributed by atoms with Crippen molar-refractivity contribution in [1.29, 1.82) is 0 Å². The normalized spacial score (nSPS) is 15.8. The van der Waals surface area contributed by atoms with Gasteiger partial charge in [-0.1, -0.05) is 24.3 Å². The molecule has 0 bridgehead atoms. The predicted molar refractivity (Wildman–Crippen MR) is 74.3 cm³/mol. The van der Waals surface area contributed by atoms with E-state index in [9.17, 15) is 22.4 Å². The first kappa shape index (κ1) is 14.3. The summed E-state index contributed by atoms with van der Waals surface area (Å²) in [5.41, 5.74) is -0.128. The smallest absolute Gasteiger partial charge is 0.321 e. The summed E-state index contributed by atoms with van der Waals surface area (Å²) >= 11 is 0. The minimum Gasteiger partial charge on any atom is -0.321 e. The highest BCUT2D eigenvalue weighted by Crippen LogP contribution is 2.38. The molecule has 112 valence electrons. The molecule has 0 radical (unpaired) electrons. The third-order valence-electron chi connectivity index (χ3n) is 3.33. The van der Waals surface area contributed by atoms with Gasteiger partial charge in [0, 0.05) is 22.4 Å². The van der Waals surface area contributed by atoms with Crippen LogP contribution in [0.25, 0.3) is 11.6 Å². The minimum absolute atomic E-state index is 0.0717. The molecule has 1 amide bonds. The van der Waals surface area contributed by atoms with Crippen LogP contribution in [0, 0.1) is 5.82 Å². The maximum absolute atomic E-state index is 13.6. The zero-order chi connectivity index (χ0) is 15.9. The molecule has 0 spiro atoms. The quantitative estimate of drug-likeness (QED) is 0.616. The van der Waals surface area contributed by atoms with Gasteiger partial charge < -0.3 is 5.32 Å². The summed E-state index contributed by atoms with van der Waals surface area (Å²) in [6, 6.07) is 8.82. The lowest BCUT2D eigenvalue weighted by atomic mass is 10.0. The molecule has 1 aliphatic rings. The second kappa shape index (κ2) is 4.98. The summed E-state index contributed by atoms with van der Waals surface area (Å²) in [5.74, 6) is -1.07. The standard InChI is InChI=1S/C16H9F4NO/c17-13-4-2-1-3-9(13)7-12-11-6-5-10(16(18,19)20)8-14(11)21-15(12)22/h1-8H,(H,21,22)/b12-7-. The minimum atomic E-state index is -4.49. The molecule has 0 fully saturated rings. The Bertz CT molecular complexity index is 793. The van der Waals surface area contributed by atoms with Crippen LogP contribution in [0.15, 0.2) is 42.5 Å². The fourth-order valence-electron chi connectivity index (χ4n) is 2.26. The van der Waals surface area contributed by atoms with Gasteiger partial charge in [-0.05, 0) is 24.3 Å². The van der Waals surface area contributed by atoms with Crippen LogP contribution in [0.1, 0.15) is 16.7 Å². The zero-order valence-electron chi connectivity index (χ0n) is 11.0. The molecule has 1 heterocycles. The number of hydrogen-bond donors (Lipinski definition) is 1. The van der Waals surface area contributed by atoms with Crippen molar-refractivity contribution in [1.82, 2.24) is 0 Å². The van der Waals surface area contributed by atoms with Crippen molar-refractivity contribution in [2.75, 3.05) is 5.32 Å². The lowest BCUT2D eigenvalue weighted by molar-refractivity contribution is -0.137. The fraction of sp³-hybridized carbons (Fsp3) is 0.0625. The maximum atomic E-state index is 13.6. The van der Waals surface area contributed by atoms with Gasteiger partial charge in [-0.25, -0.2) is 4.39 Å². The van der Waals surface area contributed by atoms with Gasteiger partial charge in [0.2, 0.25) is 0 Å². The number of anilines is 1. The molecule has 0 aliphatic carbocycles. The molecule has 2 nitrogen and oxygen atoms in total. The summed E-state index contributed by atoms with van der Waals surface area (Å²) in [4.78, 5) is 11.9. The Kier molecular flexibility index (Phi) is 3.24. The van der Waals surface area contributed by atoms with E-state index in [1.54, 1.807) is 6.07 Å². The number of rotatable bonds is 1. The molecule has 0 atom stereocenters. The number of carbonyl (C=O) groups excluding carboxylic acids is 1. The van der Waals surface area contributed by atoms with E-state index in [0.717, 1.165) is 12.1 Å². The van der Waals surface area contributed by atoms with Crippen molar-refractivity contribution in [3.8, 4) is 0 Å². The summed E-state index contributed by atoms with van der Waals surface area (Å²) in [5, 5.41) is 2.37. The number of halogens is 4. The van der Waals surface area contributed by atoms with E-state index in [1.165, 1.54) is 30.3 Å². The second-order valence-corrected chi connectivity index (χ2v) is 4.79. The van der Waals surface area contributed by atoms with Crippen LogP contribution in [0.3, 0.4) is 0 Å². The molecular formula is C16H9F4NO. The fourth-order valence-corrected chi connectivity index (χ4v) is 2.26. The van der Waals surface area contributed by atoms with E-state index >= 15 is 0 Å². The van der Waals surface area contributed by atoms with Crippen LogP contribution < -0.4 is 5.32 Å². The van der Waals surface area contributed by atoms with Crippen LogP contribution in [-0.2, 0) is 11.0 Å². The largest absolute Gasteiger partial charge is 0.416 e. The van der Waals surface area contributed by atoms with Gasteiger partial charge >= 0.3 is 6.18 Å². The molecule has 0 unspecified atom stereocenters. The van der Waals surface area contributed by atoms with Gasteiger partial charge in [0.05, 0.1) is 5.56 Å². The van der Waals surface area contributed by atoms with Gasteiger partial charge in [-0.3, -0.25) is 4.79 Å².